The van der Waals surface area contributed by atoms with Gasteiger partial charge in [-0.25, -0.2) is 0 Å². The summed E-state index contributed by atoms with van der Waals surface area (Å²) in [6.07, 6.45) is 0. The second-order valence-electron chi connectivity index (χ2n) is 3.71. The lowest BCUT2D eigenvalue weighted by Crippen LogP contribution is -2.32. The van der Waals surface area contributed by atoms with Crippen molar-refractivity contribution in [2.45, 2.75) is 6.92 Å². The molecule has 1 aromatic rings. The molecular weight excluding hydrogens is 193 g/mol. The van der Waals surface area contributed by atoms with Crippen LogP contribution in [0, 0.1) is 6.92 Å². The standard InChI is InChI=1S/C10H14BNO3/c1-7-4-8(10(13)12(2)3)6-9(5-7)11(14)15/h4-6,14-15H,1-3H3. The molecule has 0 fully saturated rings. The van der Waals surface area contributed by atoms with Gasteiger partial charge in [-0.2, -0.15) is 0 Å². The zero-order valence-corrected chi connectivity index (χ0v) is 9.06. The maximum Gasteiger partial charge on any atom is 0.488 e. The first-order chi connectivity index (χ1) is 6.91. The molecule has 2 N–H and O–H groups in total. The van der Waals surface area contributed by atoms with Crippen LogP contribution in [0.4, 0.5) is 0 Å². The molecule has 0 saturated heterocycles. The van der Waals surface area contributed by atoms with Crippen LogP contribution in [0.5, 0.6) is 0 Å². The highest BCUT2D eigenvalue weighted by Crippen LogP contribution is 2.05. The van der Waals surface area contributed by atoms with E-state index in [1.807, 2.05) is 0 Å². The van der Waals surface area contributed by atoms with Crippen LogP contribution in [0.25, 0.3) is 0 Å². The summed E-state index contributed by atoms with van der Waals surface area (Å²) in [6, 6.07) is 4.84. The third kappa shape index (κ3) is 2.81. The van der Waals surface area contributed by atoms with Crippen molar-refractivity contribution < 1.29 is 14.8 Å². The van der Waals surface area contributed by atoms with Gasteiger partial charge in [-0.15, -0.1) is 0 Å². The van der Waals surface area contributed by atoms with Crippen molar-refractivity contribution in [3.05, 3.63) is 29.3 Å². The first-order valence-electron chi connectivity index (χ1n) is 4.61. The first kappa shape index (κ1) is 11.7. The van der Waals surface area contributed by atoms with Crippen LogP contribution in [0.2, 0.25) is 0 Å². The molecule has 0 aromatic heterocycles. The molecule has 0 saturated carbocycles. The summed E-state index contributed by atoms with van der Waals surface area (Å²) in [4.78, 5) is 13.1. The van der Waals surface area contributed by atoms with Crippen molar-refractivity contribution in [1.82, 2.24) is 4.90 Å². The van der Waals surface area contributed by atoms with Gasteiger partial charge in [-0.1, -0.05) is 11.6 Å². The van der Waals surface area contributed by atoms with E-state index >= 15 is 0 Å². The summed E-state index contributed by atoms with van der Waals surface area (Å²) in [6.45, 7) is 1.80. The lowest BCUT2D eigenvalue weighted by atomic mass is 9.78. The van der Waals surface area contributed by atoms with Gasteiger partial charge in [-0.05, 0) is 24.5 Å². The number of hydrogen-bond donors (Lipinski definition) is 2. The number of carbonyl (C=O) groups is 1. The molecule has 0 aliphatic rings. The predicted octanol–water partition coefficient (Wildman–Crippen LogP) is -0.623. The molecule has 1 rings (SSSR count). The Morgan fingerprint density at radius 1 is 1.27 bits per heavy atom. The van der Waals surface area contributed by atoms with E-state index in [1.54, 1.807) is 33.2 Å². The summed E-state index contributed by atoms with van der Waals surface area (Å²) >= 11 is 0. The van der Waals surface area contributed by atoms with Gasteiger partial charge in [0.2, 0.25) is 0 Å². The van der Waals surface area contributed by atoms with Crippen LogP contribution in [-0.4, -0.2) is 42.1 Å². The maximum atomic E-state index is 11.6. The van der Waals surface area contributed by atoms with Crippen molar-refractivity contribution in [2.24, 2.45) is 0 Å². The molecule has 0 aliphatic carbocycles. The van der Waals surface area contributed by atoms with Gasteiger partial charge in [-0.3, -0.25) is 4.79 Å². The molecule has 0 spiro atoms. The average molecular weight is 207 g/mol. The van der Waals surface area contributed by atoms with Gasteiger partial charge in [0.1, 0.15) is 0 Å². The van der Waals surface area contributed by atoms with E-state index in [0.717, 1.165) is 5.56 Å². The van der Waals surface area contributed by atoms with E-state index in [2.05, 4.69) is 0 Å². The third-order valence-corrected chi connectivity index (χ3v) is 2.05. The summed E-state index contributed by atoms with van der Waals surface area (Å²) in [5.74, 6) is -0.152. The van der Waals surface area contributed by atoms with Crippen molar-refractivity contribution in [3.8, 4) is 0 Å². The minimum Gasteiger partial charge on any atom is -0.423 e. The minimum atomic E-state index is -1.54. The van der Waals surface area contributed by atoms with Gasteiger partial charge in [0, 0.05) is 19.7 Å². The highest BCUT2D eigenvalue weighted by Gasteiger charge is 2.15. The van der Waals surface area contributed by atoms with E-state index in [1.165, 1.54) is 11.0 Å². The van der Waals surface area contributed by atoms with Crippen LogP contribution in [0.1, 0.15) is 15.9 Å². The fourth-order valence-corrected chi connectivity index (χ4v) is 1.34. The maximum absolute atomic E-state index is 11.6. The Kier molecular flexibility index (Phi) is 3.50. The largest absolute Gasteiger partial charge is 0.488 e. The molecule has 0 aliphatic heterocycles. The molecule has 0 bridgehead atoms. The van der Waals surface area contributed by atoms with E-state index in [-0.39, 0.29) is 5.91 Å². The zero-order valence-electron chi connectivity index (χ0n) is 9.06. The topological polar surface area (TPSA) is 60.8 Å². The molecule has 0 unspecified atom stereocenters. The summed E-state index contributed by atoms with van der Waals surface area (Å²) < 4.78 is 0. The van der Waals surface area contributed by atoms with Crippen LogP contribution in [0.3, 0.4) is 0 Å². The van der Waals surface area contributed by atoms with E-state index in [9.17, 15) is 4.79 Å². The molecule has 0 radical (unpaired) electrons. The van der Waals surface area contributed by atoms with Gasteiger partial charge in [0.15, 0.2) is 0 Å². The Morgan fingerprint density at radius 2 is 1.87 bits per heavy atom. The third-order valence-electron chi connectivity index (χ3n) is 2.05. The highest BCUT2D eigenvalue weighted by molar-refractivity contribution is 6.58. The molecule has 15 heavy (non-hydrogen) atoms. The van der Waals surface area contributed by atoms with E-state index in [4.69, 9.17) is 10.0 Å². The number of carbonyl (C=O) groups excluding carboxylic acids is 1. The molecule has 1 amide bonds. The molecular formula is C10H14BNO3. The Hall–Kier alpha value is -1.33. The van der Waals surface area contributed by atoms with Gasteiger partial charge in [0.05, 0.1) is 0 Å². The Balaban J connectivity index is 3.14. The van der Waals surface area contributed by atoms with Gasteiger partial charge >= 0.3 is 7.12 Å². The number of aryl methyl sites for hydroxylation is 1. The minimum absolute atomic E-state index is 0.152. The van der Waals surface area contributed by atoms with Crippen molar-refractivity contribution in [3.63, 3.8) is 0 Å². The van der Waals surface area contributed by atoms with Crippen LogP contribution in [-0.2, 0) is 0 Å². The quantitative estimate of drug-likeness (QED) is 0.635. The zero-order chi connectivity index (χ0) is 11.6. The fraction of sp³-hybridized carbons (Fsp3) is 0.300. The Morgan fingerprint density at radius 3 is 2.33 bits per heavy atom. The van der Waals surface area contributed by atoms with Crippen molar-refractivity contribution in [1.29, 1.82) is 0 Å². The summed E-state index contributed by atoms with van der Waals surface area (Å²) in [5, 5.41) is 18.0. The smallest absolute Gasteiger partial charge is 0.423 e. The normalized spacial score (nSPS) is 9.93. The van der Waals surface area contributed by atoms with Crippen LogP contribution in [0.15, 0.2) is 18.2 Å². The number of amides is 1. The number of nitrogens with zero attached hydrogens (tertiary/aromatic N) is 1. The van der Waals surface area contributed by atoms with Crippen molar-refractivity contribution >= 4 is 18.5 Å². The fourth-order valence-electron chi connectivity index (χ4n) is 1.34. The number of benzene rings is 1. The van der Waals surface area contributed by atoms with Gasteiger partial charge in [0.25, 0.3) is 5.91 Å². The Bertz CT molecular complexity index is 377. The molecule has 4 nitrogen and oxygen atoms in total. The first-order valence-corrected chi connectivity index (χ1v) is 4.61. The summed E-state index contributed by atoms with van der Waals surface area (Å²) in [5.41, 5.74) is 1.62. The molecule has 0 atom stereocenters. The second-order valence-corrected chi connectivity index (χ2v) is 3.71. The molecule has 1 aromatic carbocycles. The lowest BCUT2D eigenvalue weighted by molar-refractivity contribution is 0.0827. The number of hydrogen-bond acceptors (Lipinski definition) is 3. The van der Waals surface area contributed by atoms with E-state index < -0.39 is 7.12 Å². The predicted molar refractivity (Wildman–Crippen MR) is 59.0 cm³/mol. The molecule has 0 heterocycles. The van der Waals surface area contributed by atoms with Gasteiger partial charge < -0.3 is 14.9 Å². The molecule has 5 heteroatoms. The van der Waals surface area contributed by atoms with E-state index in [0.29, 0.717) is 11.0 Å². The summed E-state index contributed by atoms with van der Waals surface area (Å²) in [7, 11) is 1.76. The van der Waals surface area contributed by atoms with Crippen molar-refractivity contribution in [2.75, 3.05) is 14.1 Å². The Labute approximate surface area is 89.3 Å². The van der Waals surface area contributed by atoms with Crippen LogP contribution >= 0.6 is 0 Å². The lowest BCUT2D eigenvalue weighted by Gasteiger charge is -2.12. The van der Waals surface area contributed by atoms with Crippen LogP contribution < -0.4 is 5.46 Å². The number of rotatable bonds is 2. The monoisotopic (exact) mass is 207 g/mol. The second kappa shape index (κ2) is 4.46. The SMILES string of the molecule is Cc1cc(B(O)O)cc(C(=O)N(C)C)c1. The molecule has 80 valence electrons. The highest BCUT2D eigenvalue weighted by atomic mass is 16.4. The average Bonchev–Trinajstić information content (AvgIpc) is 2.15.